The Labute approximate surface area is 134 Å². The summed E-state index contributed by atoms with van der Waals surface area (Å²) in [6, 6.07) is 3.67. The highest BCUT2D eigenvalue weighted by Crippen LogP contribution is 2.14. The number of rotatable bonds is 3. The van der Waals surface area contributed by atoms with Crippen LogP contribution in [0.3, 0.4) is 0 Å². The molecule has 3 rings (SSSR count). The van der Waals surface area contributed by atoms with Gasteiger partial charge in [0.05, 0.1) is 11.0 Å². The van der Waals surface area contributed by atoms with Gasteiger partial charge in [0.2, 0.25) is 0 Å². The topological polar surface area (TPSA) is 61.9 Å². The number of hydrogen-bond acceptors (Lipinski definition) is 4. The van der Waals surface area contributed by atoms with Crippen molar-refractivity contribution < 1.29 is 14.3 Å². The van der Waals surface area contributed by atoms with Crippen LogP contribution in [0.15, 0.2) is 17.5 Å². The molecule has 1 aromatic heterocycles. The number of nitrogens with one attached hydrogen (secondary N) is 1. The van der Waals surface area contributed by atoms with Gasteiger partial charge in [-0.1, -0.05) is 6.07 Å². The molecule has 0 bridgehead atoms. The molecule has 0 radical (unpaired) electrons. The van der Waals surface area contributed by atoms with Gasteiger partial charge in [-0.15, -0.1) is 11.3 Å². The van der Waals surface area contributed by atoms with Gasteiger partial charge in [-0.25, -0.2) is 4.79 Å². The normalized spacial score (nSPS) is 21.9. The molecule has 2 aliphatic heterocycles. The summed E-state index contributed by atoms with van der Waals surface area (Å²) in [4.78, 5) is 28.7. The Hall–Kier alpha value is -1.60. The van der Waals surface area contributed by atoms with Gasteiger partial charge in [-0.3, -0.25) is 4.79 Å². The van der Waals surface area contributed by atoms with E-state index in [1.165, 1.54) is 11.3 Å². The molecule has 6 nitrogen and oxygen atoms in total. The molecule has 3 amide bonds. The van der Waals surface area contributed by atoms with Crippen LogP contribution in [0.4, 0.5) is 4.79 Å². The van der Waals surface area contributed by atoms with Crippen molar-refractivity contribution in [3.63, 3.8) is 0 Å². The fraction of sp³-hybridized carbons (Fsp3) is 0.600. The largest absolute Gasteiger partial charge is 0.376 e. The second-order valence-electron chi connectivity index (χ2n) is 5.58. The highest BCUT2D eigenvalue weighted by molar-refractivity contribution is 7.12. The molecular formula is C15H21N3O3S. The Morgan fingerprint density at radius 2 is 2.05 bits per heavy atom. The number of carbonyl (C=O) groups is 2. The van der Waals surface area contributed by atoms with E-state index in [1.807, 2.05) is 22.4 Å². The number of piperazine rings is 1. The highest BCUT2D eigenvalue weighted by atomic mass is 32.1. The smallest absolute Gasteiger partial charge is 0.317 e. The SMILES string of the molecule is O=C(NC[C@H]1CCCO1)N1CCN(C(=O)c2cccs2)CC1. The Balaban J connectivity index is 1.42. The van der Waals surface area contributed by atoms with E-state index < -0.39 is 0 Å². The molecule has 22 heavy (non-hydrogen) atoms. The number of amides is 3. The van der Waals surface area contributed by atoms with Crippen molar-refractivity contribution >= 4 is 23.3 Å². The fourth-order valence-corrected chi connectivity index (χ4v) is 3.48. The summed E-state index contributed by atoms with van der Waals surface area (Å²) in [5, 5.41) is 4.83. The standard InChI is InChI=1S/C15H21N3O3S/c19-14(13-4-2-10-22-13)17-5-7-18(8-6-17)15(20)16-11-12-3-1-9-21-12/h2,4,10,12H,1,3,5-9,11H2,(H,16,20)/t12-/m1/s1. The molecule has 0 spiro atoms. The van der Waals surface area contributed by atoms with Crippen LogP contribution >= 0.6 is 11.3 Å². The van der Waals surface area contributed by atoms with Crippen LogP contribution in [0, 0.1) is 0 Å². The van der Waals surface area contributed by atoms with E-state index in [0.29, 0.717) is 32.7 Å². The van der Waals surface area contributed by atoms with Crippen molar-refractivity contribution in [2.75, 3.05) is 39.3 Å². The molecule has 120 valence electrons. The van der Waals surface area contributed by atoms with Crippen molar-refractivity contribution in [2.45, 2.75) is 18.9 Å². The molecular weight excluding hydrogens is 302 g/mol. The van der Waals surface area contributed by atoms with E-state index in [0.717, 1.165) is 24.3 Å². The van der Waals surface area contributed by atoms with Gasteiger partial charge in [0, 0.05) is 39.3 Å². The number of thiophene rings is 1. The molecule has 3 heterocycles. The average Bonchev–Trinajstić information content (AvgIpc) is 3.25. The van der Waals surface area contributed by atoms with Gasteiger partial charge >= 0.3 is 6.03 Å². The van der Waals surface area contributed by atoms with Crippen molar-refractivity contribution in [1.29, 1.82) is 0 Å². The summed E-state index contributed by atoms with van der Waals surface area (Å²) in [6.45, 7) is 3.70. The Bertz CT molecular complexity index is 506. The third-order valence-corrected chi connectivity index (χ3v) is 4.95. The first kappa shape index (κ1) is 15.3. The van der Waals surface area contributed by atoms with Crippen LogP contribution in [-0.4, -0.2) is 67.2 Å². The predicted molar refractivity (Wildman–Crippen MR) is 84.2 cm³/mol. The summed E-state index contributed by atoms with van der Waals surface area (Å²) in [7, 11) is 0. The van der Waals surface area contributed by atoms with E-state index in [4.69, 9.17) is 4.74 Å². The van der Waals surface area contributed by atoms with Gasteiger partial charge < -0.3 is 19.9 Å². The Kier molecular flexibility index (Phi) is 4.94. The summed E-state index contributed by atoms with van der Waals surface area (Å²) in [6.07, 6.45) is 2.25. The zero-order valence-corrected chi connectivity index (χ0v) is 13.3. The maximum Gasteiger partial charge on any atom is 0.317 e. The minimum atomic E-state index is -0.0567. The number of ether oxygens (including phenoxy) is 1. The number of hydrogen-bond donors (Lipinski definition) is 1. The minimum absolute atomic E-state index is 0.0567. The van der Waals surface area contributed by atoms with Crippen molar-refractivity contribution in [3.05, 3.63) is 22.4 Å². The van der Waals surface area contributed by atoms with Crippen LogP contribution in [0.2, 0.25) is 0 Å². The fourth-order valence-electron chi connectivity index (χ4n) is 2.79. The average molecular weight is 323 g/mol. The van der Waals surface area contributed by atoms with Crippen molar-refractivity contribution in [1.82, 2.24) is 15.1 Å². The zero-order valence-electron chi connectivity index (χ0n) is 12.5. The first-order valence-electron chi connectivity index (χ1n) is 7.71. The molecule has 2 saturated heterocycles. The highest BCUT2D eigenvalue weighted by Gasteiger charge is 2.26. The van der Waals surface area contributed by atoms with Crippen LogP contribution in [0.25, 0.3) is 0 Å². The van der Waals surface area contributed by atoms with Gasteiger partial charge in [0.15, 0.2) is 0 Å². The van der Waals surface area contributed by atoms with Crippen LogP contribution in [0.5, 0.6) is 0 Å². The van der Waals surface area contributed by atoms with E-state index in [1.54, 1.807) is 4.90 Å². The second kappa shape index (κ2) is 7.11. The van der Waals surface area contributed by atoms with Gasteiger partial charge in [0.25, 0.3) is 5.91 Å². The lowest BCUT2D eigenvalue weighted by Gasteiger charge is -2.34. The molecule has 1 N–H and O–H groups in total. The third kappa shape index (κ3) is 3.59. The second-order valence-corrected chi connectivity index (χ2v) is 6.53. The molecule has 0 saturated carbocycles. The minimum Gasteiger partial charge on any atom is -0.376 e. The number of carbonyl (C=O) groups excluding carboxylic acids is 2. The Morgan fingerprint density at radius 3 is 2.68 bits per heavy atom. The number of urea groups is 1. The first-order valence-corrected chi connectivity index (χ1v) is 8.59. The lowest BCUT2D eigenvalue weighted by Crippen LogP contribution is -2.53. The maximum absolute atomic E-state index is 12.2. The van der Waals surface area contributed by atoms with E-state index >= 15 is 0 Å². The molecule has 7 heteroatoms. The van der Waals surface area contributed by atoms with Gasteiger partial charge in [0.1, 0.15) is 0 Å². The Morgan fingerprint density at radius 1 is 1.27 bits per heavy atom. The number of nitrogens with zero attached hydrogens (tertiary/aromatic N) is 2. The molecule has 1 aromatic rings. The predicted octanol–water partition coefficient (Wildman–Crippen LogP) is 1.39. The van der Waals surface area contributed by atoms with Crippen molar-refractivity contribution in [2.24, 2.45) is 0 Å². The lowest BCUT2D eigenvalue weighted by atomic mass is 10.2. The molecule has 0 aromatic carbocycles. The lowest BCUT2D eigenvalue weighted by molar-refractivity contribution is 0.0664. The van der Waals surface area contributed by atoms with E-state index in [9.17, 15) is 9.59 Å². The summed E-state index contributed by atoms with van der Waals surface area (Å²) >= 11 is 1.46. The maximum atomic E-state index is 12.2. The molecule has 2 fully saturated rings. The molecule has 0 unspecified atom stereocenters. The van der Waals surface area contributed by atoms with Gasteiger partial charge in [-0.05, 0) is 24.3 Å². The molecule has 1 atom stereocenters. The zero-order chi connectivity index (χ0) is 15.4. The first-order chi connectivity index (χ1) is 10.7. The monoisotopic (exact) mass is 323 g/mol. The van der Waals surface area contributed by atoms with E-state index in [2.05, 4.69) is 5.32 Å². The summed E-state index contributed by atoms with van der Waals surface area (Å²) < 4.78 is 5.50. The van der Waals surface area contributed by atoms with Crippen molar-refractivity contribution in [3.8, 4) is 0 Å². The van der Waals surface area contributed by atoms with Gasteiger partial charge in [-0.2, -0.15) is 0 Å². The van der Waals surface area contributed by atoms with Crippen LogP contribution < -0.4 is 5.32 Å². The third-order valence-electron chi connectivity index (χ3n) is 4.09. The summed E-state index contributed by atoms with van der Waals surface area (Å²) in [5.41, 5.74) is 0. The van der Waals surface area contributed by atoms with Crippen LogP contribution in [-0.2, 0) is 4.74 Å². The van der Waals surface area contributed by atoms with E-state index in [-0.39, 0.29) is 18.0 Å². The quantitative estimate of drug-likeness (QED) is 0.914. The molecule has 2 aliphatic rings. The van der Waals surface area contributed by atoms with Crippen LogP contribution in [0.1, 0.15) is 22.5 Å². The molecule has 0 aliphatic carbocycles. The summed E-state index contributed by atoms with van der Waals surface area (Å²) in [5.74, 6) is 0.0643.